The van der Waals surface area contributed by atoms with Gasteiger partial charge in [0.05, 0.1) is 22.8 Å². The molecule has 0 saturated heterocycles. The molecule has 0 aliphatic heterocycles. The van der Waals surface area contributed by atoms with Gasteiger partial charge in [-0.1, -0.05) is 71.2 Å². The number of carbonyl (C=O) groups is 1. The molecule has 0 aromatic heterocycles. The molecule has 0 spiro atoms. The Morgan fingerprint density at radius 2 is 1.43 bits per heavy atom. The quantitative estimate of drug-likeness (QED) is 0.155. The molecule has 7 nitrogen and oxygen atoms in total. The van der Waals surface area contributed by atoms with E-state index in [1.165, 1.54) is 4.31 Å². The summed E-state index contributed by atoms with van der Waals surface area (Å²) in [6.45, 7) is 1.68. The van der Waals surface area contributed by atoms with E-state index in [0.29, 0.717) is 38.7 Å². The molecule has 0 radical (unpaired) electrons. The van der Waals surface area contributed by atoms with Crippen molar-refractivity contribution in [3.8, 4) is 17.2 Å². The molecule has 1 amide bonds. The summed E-state index contributed by atoms with van der Waals surface area (Å²) >= 11 is 12.2. The number of ether oxygens (including phenoxy) is 2. The van der Waals surface area contributed by atoms with Crippen LogP contribution in [0.25, 0.3) is 0 Å². The molecular formula is C34H28Cl2N2O5S. The Bertz CT molecular complexity index is 1830. The number of sulfonamides is 1. The number of aryl methyl sites for hydroxylation is 1. The van der Waals surface area contributed by atoms with E-state index in [1.54, 1.807) is 103 Å². The maximum atomic E-state index is 13.8. The van der Waals surface area contributed by atoms with Gasteiger partial charge in [0.1, 0.15) is 11.5 Å². The van der Waals surface area contributed by atoms with Crippen LogP contribution in [0.5, 0.6) is 17.2 Å². The Morgan fingerprint density at radius 1 is 0.773 bits per heavy atom. The average molecular weight is 648 g/mol. The van der Waals surface area contributed by atoms with Crippen molar-refractivity contribution >= 4 is 50.5 Å². The minimum absolute atomic E-state index is 0.0863. The summed E-state index contributed by atoms with van der Waals surface area (Å²) in [6.07, 6.45) is 0. The molecule has 0 saturated carbocycles. The van der Waals surface area contributed by atoms with Gasteiger partial charge >= 0.3 is 0 Å². The van der Waals surface area contributed by atoms with Crippen LogP contribution in [0.4, 0.5) is 11.4 Å². The third-order valence-corrected chi connectivity index (χ3v) is 8.80. The fraction of sp³-hybridized carbons (Fsp3) is 0.0882. The lowest BCUT2D eigenvalue weighted by Crippen LogP contribution is -2.30. The Hall–Kier alpha value is -4.50. The summed E-state index contributed by atoms with van der Waals surface area (Å²) in [5, 5.41) is 3.76. The summed E-state index contributed by atoms with van der Waals surface area (Å²) < 4.78 is 40.4. The predicted molar refractivity (Wildman–Crippen MR) is 175 cm³/mol. The van der Waals surface area contributed by atoms with E-state index in [2.05, 4.69) is 5.32 Å². The summed E-state index contributed by atoms with van der Waals surface area (Å²) in [7, 11) is -3.91. The van der Waals surface area contributed by atoms with Crippen molar-refractivity contribution in [1.29, 1.82) is 0 Å². The van der Waals surface area contributed by atoms with E-state index < -0.39 is 15.9 Å². The van der Waals surface area contributed by atoms with Gasteiger partial charge < -0.3 is 14.8 Å². The molecule has 5 aromatic carbocycles. The second-order valence-electron chi connectivity index (χ2n) is 9.84. The van der Waals surface area contributed by atoms with Crippen molar-refractivity contribution in [1.82, 2.24) is 0 Å². The van der Waals surface area contributed by atoms with Crippen molar-refractivity contribution < 1.29 is 22.7 Å². The zero-order chi connectivity index (χ0) is 31.1. The van der Waals surface area contributed by atoms with Gasteiger partial charge in [0.2, 0.25) is 0 Å². The van der Waals surface area contributed by atoms with Gasteiger partial charge in [0.25, 0.3) is 15.9 Å². The van der Waals surface area contributed by atoms with Gasteiger partial charge in [-0.25, -0.2) is 8.42 Å². The van der Waals surface area contributed by atoms with E-state index in [4.69, 9.17) is 32.7 Å². The van der Waals surface area contributed by atoms with E-state index in [0.717, 1.165) is 11.1 Å². The van der Waals surface area contributed by atoms with Crippen molar-refractivity contribution in [3.63, 3.8) is 0 Å². The number of halogens is 2. The Morgan fingerprint density at radius 3 is 2.11 bits per heavy atom. The zero-order valence-corrected chi connectivity index (χ0v) is 25.9. The molecule has 0 aliphatic rings. The number of benzene rings is 5. The normalized spacial score (nSPS) is 11.1. The fourth-order valence-corrected chi connectivity index (χ4v) is 6.01. The summed E-state index contributed by atoms with van der Waals surface area (Å²) in [6, 6.07) is 34.3. The lowest BCUT2D eigenvalue weighted by atomic mass is 10.2. The fourth-order valence-electron chi connectivity index (χ4n) is 4.26. The van der Waals surface area contributed by atoms with E-state index >= 15 is 0 Å². The first-order valence-electron chi connectivity index (χ1n) is 13.6. The van der Waals surface area contributed by atoms with Crippen LogP contribution in [0.3, 0.4) is 0 Å². The van der Waals surface area contributed by atoms with Crippen LogP contribution in [-0.2, 0) is 21.4 Å². The van der Waals surface area contributed by atoms with E-state index in [1.807, 2.05) is 25.1 Å². The summed E-state index contributed by atoms with van der Waals surface area (Å²) in [5.41, 5.74) is 2.54. The third-order valence-electron chi connectivity index (χ3n) is 6.53. The molecule has 5 rings (SSSR count). The molecule has 5 aromatic rings. The first-order valence-corrected chi connectivity index (χ1v) is 15.8. The highest BCUT2D eigenvalue weighted by Gasteiger charge is 2.25. The molecule has 0 heterocycles. The first kappa shape index (κ1) is 30.9. The number of para-hydroxylation sites is 1. The highest BCUT2D eigenvalue weighted by atomic mass is 35.5. The smallest absolute Gasteiger partial charge is 0.264 e. The van der Waals surface area contributed by atoms with Crippen LogP contribution in [0.1, 0.15) is 11.1 Å². The van der Waals surface area contributed by atoms with Crippen molar-refractivity contribution in [2.45, 2.75) is 18.4 Å². The number of anilines is 2. The summed E-state index contributed by atoms with van der Waals surface area (Å²) in [5.74, 6) is 0.987. The number of amides is 1. The molecule has 0 fully saturated rings. The highest BCUT2D eigenvalue weighted by molar-refractivity contribution is 7.92. The van der Waals surface area contributed by atoms with Crippen molar-refractivity contribution in [3.05, 3.63) is 142 Å². The second kappa shape index (κ2) is 13.9. The van der Waals surface area contributed by atoms with Gasteiger partial charge in [-0.2, -0.15) is 0 Å². The number of hydrogen-bond acceptors (Lipinski definition) is 5. The molecule has 10 heteroatoms. The first-order chi connectivity index (χ1) is 21.2. The maximum absolute atomic E-state index is 13.8. The van der Waals surface area contributed by atoms with Crippen LogP contribution in [0.2, 0.25) is 10.0 Å². The van der Waals surface area contributed by atoms with Crippen LogP contribution < -0.4 is 19.1 Å². The minimum Gasteiger partial charge on any atom is -0.484 e. The van der Waals surface area contributed by atoms with Crippen LogP contribution >= 0.6 is 23.2 Å². The molecule has 1 N–H and O–H groups in total. The maximum Gasteiger partial charge on any atom is 0.264 e. The van der Waals surface area contributed by atoms with Crippen LogP contribution in [-0.4, -0.2) is 20.9 Å². The molecule has 0 unspecified atom stereocenters. The van der Waals surface area contributed by atoms with Gasteiger partial charge in [-0.15, -0.1) is 0 Å². The van der Waals surface area contributed by atoms with Gasteiger partial charge in [0.15, 0.2) is 12.4 Å². The van der Waals surface area contributed by atoms with Crippen molar-refractivity contribution in [2.75, 3.05) is 16.2 Å². The molecular weight excluding hydrogens is 619 g/mol. The monoisotopic (exact) mass is 646 g/mol. The van der Waals surface area contributed by atoms with Gasteiger partial charge in [0, 0.05) is 10.0 Å². The average Bonchev–Trinajstić information content (AvgIpc) is 3.02. The number of carbonyl (C=O) groups excluding carboxylic acids is 1. The Balaban J connectivity index is 1.30. The Kier molecular flexibility index (Phi) is 9.75. The SMILES string of the molecule is Cc1ccc(S(=O)(=O)N(Cc2ccc(Cl)cc2)c2ccc(OCC(=O)Nc3cc(Cl)ccc3Oc3ccccc3)cc2)cc1. The minimum atomic E-state index is -3.91. The van der Waals surface area contributed by atoms with E-state index in [9.17, 15) is 13.2 Å². The number of rotatable bonds is 11. The number of nitrogens with zero attached hydrogens (tertiary/aromatic N) is 1. The number of hydrogen-bond donors (Lipinski definition) is 1. The second-order valence-corrected chi connectivity index (χ2v) is 12.6. The lowest BCUT2D eigenvalue weighted by molar-refractivity contribution is -0.118. The third kappa shape index (κ3) is 7.90. The van der Waals surface area contributed by atoms with E-state index in [-0.39, 0.29) is 18.0 Å². The molecule has 224 valence electrons. The topological polar surface area (TPSA) is 84.9 Å². The van der Waals surface area contributed by atoms with Crippen molar-refractivity contribution in [2.24, 2.45) is 0 Å². The molecule has 44 heavy (non-hydrogen) atoms. The van der Waals surface area contributed by atoms with Gasteiger partial charge in [-0.05, 0) is 91.3 Å². The Labute approximate surface area is 266 Å². The highest BCUT2D eigenvalue weighted by Crippen LogP contribution is 2.32. The predicted octanol–water partition coefficient (Wildman–Crippen LogP) is 8.51. The molecule has 0 atom stereocenters. The summed E-state index contributed by atoms with van der Waals surface area (Å²) in [4.78, 5) is 13.0. The molecule has 0 aliphatic carbocycles. The van der Waals surface area contributed by atoms with Gasteiger partial charge in [-0.3, -0.25) is 9.10 Å². The molecule has 0 bridgehead atoms. The zero-order valence-electron chi connectivity index (χ0n) is 23.6. The largest absolute Gasteiger partial charge is 0.484 e. The standard InChI is InChI=1S/C34H28Cl2N2O5S/c1-24-7-18-31(19-8-24)44(40,41)38(22-25-9-11-26(35)12-10-25)28-14-16-29(17-15-28)42-23-34(39)37-32-21-27(36)13-20-33(32)43-30-5-3-2-4-6-30/h2-21H,22-23H2,1H3,(H,37,39). The van der Waals surface area contributed by atoms with Crippen LogP contribution in [0.15, 0.2) is 126 Å². The van der Waals surface area contributed by atoms with Crippen LogP contribution in [0, 0.1) is 6.92 Å². The number of nitrogens with one attached hydrogen (secondary N) is 1. The lowest BCUT2D eigenvalue weighted by Gasteiger charge is -2.25.